The number of thioether (sulfide) groups is 1. The van der Waals surface area contributed by atoms with Gasteiger partial charge in [0.25, 0.3) is 0 Å². The lowest BCUT2D eigenvalue weighted by atomic mass is 10.2. The number of imide groups is 1. The monoisotopic (exact) mass is 266 g/mol. The Labute approximate surface area is 109 Å². The Morgan fingerprint density at radius 1 is 1.28 bits per heavy atom. The molecule has 0 radical (unpaired) electrons. The van der Waals surface area contributed by atoms with Crippen molar-refractivity contribution >= 4 is 29.3 Å². The van der Waals surface area contributed by atoms with Crippen LogP contribution in [0.3, 0.4) is 0 Å². The van der Waals surface area contributed by atoms with Crippen LogP contribution in [0.2, 0.25) is 0 Å². The number of anilines is 1. The Hall–Kier alpha value is -1.53. The van der Waals surface area contributed by atoms with Crippen LogP contribution in [0.5, 0.6) is 5.75 Å². The first kappa shape index (κ1) is 12.9. The van der Waals surface area contributed by atoms with Gasteiger partial charge in [-0.15, -0.1) is 11.8 Å². The molecule has 1 fully saturated rings. The van der Waals surface area contributed by atoms with Crippen LogP contribution in [-0.2, 0) is 9.59 Å². The first-order valence-corrected chi connectivity index (χ1v) is 6.74. The SMILES string of the molecule is NCCOc1cccc(N2C(=O)CSCC2=O)c1. The highest BCUT2D eigenvalue weighted by atomic mass is 32.2. The summed E-state index contributed by atoms with van der Waals surface area (Å²) in [4.78, 5) is 24.7. The minimum Gasteiger partial charge on any atom is -0.492 e. The zero-order valence-electron chi connectivity index (χ0n) is 9.80. The summed E-state index contributed by atoms with van der Waals surface area (Å²) in [6.07, 6.45) is 0. The van der Waals surface area contributed by atoms with Crippen molar-refractivity contribution in [1.82, 2.24) is 0 Å². The van der Waals surface area contributed by atoms with Crippen molar-refractivity contribution in [2.24, 2.45) is 5.73 Å². The van der Waals surface area contributed by atoms with Crippen molar-refractivity contribution in [2.45, 2.75) is 0 Å². The second-order valence-corrected chi connectivity index (χ2v) is 4.74. The van der Waals surface area contributed by atoms with Crippen molar-refractivity contribution in [2.75, 3.05) is 29.6 Å². The van der Waals surface area contributed by atoms with Crippen molar-refractivity contribution in [3.05, 3.63) is 24.3 Å². The normalized spacial score (nSPS) is 15.9. The van der Waals surface area contributed by atoms with Gasteiger partial charge in [0.15, 0.2) is 0 Å². The van der Waals surface area contributed by atoms with Gasteiger partial charge in [-0.2, -0.15) is 0 Å². The van der Waals surface area contributed by atoms with Crippen LogP contribution in [0.25, 0.3) is 0 Å². The minimum atomic E-state index is -0.188. The summed E-state index contributed by atoms with van der Waals surface area (Å²) in [5, 5.41) is 0. The number of rotatable bonds is 4. The average Bonchev–Trinajstić information content (AvgIpc) is 2.37. The van der Waals surface area contributed by atoms with E-state index in [1.807, 2.05) is 0 Å². The van der Waals surface area contributed by atoms with Gasteiger partial charge in [0.1, 0.15) is 12.4 Å². The summed E-state index contributed by atoms with van der Waals surface area (Å²) in [6.45, 7) is 0.823. The van der Waals surface area contributed by atoms with Crippen molar-refractivity contribution in [1.29, 1.82) is 0 Å². The Balaban J connectivity index is 2.21. The van der Waals surface area contributed by atoms with E-state index < -0.39 is 0 Å². The highest BCUT2D eigenvalue weighted by Gasteiger charge is 2.27. The number of nitrogens with two attached hydrogens (primary N) is 1. The lowest BCUT2D eigenvalue weighted by molar-refractivity contribution is -0.124. The Morgan fingerprint density at radius 3 is 2.67 bits per heavy atom. The molecule has 2 N–H and O–H groups in total. The molecule has 0 saturated carbocycles. The molecule has 0 atom stereocenters. The smallest absolute Gasteiger partial charge is 0.243 e. The highest BCUT2D eigenvalue weighted by Crippen LogP contribution is 2.25. The van der Waals surface area contributed by atoms with Crippen LogP contribution in [0.4, 0.5) is 5.69 Å². The molecule has 6 heteroatoms. The van der Waals surface area contributed by atoms with Gasteiger partial charge in [-0.25, -0.2) is 4.90 Å². The van der Waals surface area contributed by atoms with Crippen LogP contribution in [0.15, 0.2) is 24.3 Å². The second kappa shape index (κ2) is 5.88. The van der Waals surface area contributed by atoms with Crippen LogP contribution >= 0.6 is 11.8 Å². The van der Waals surface area contributed by atoms with Crippen LogP contribution < -0.4 is 15.4 Å². The molecule has 1 aromatic carbocycles. The number of ether oxygens (including phenoxy) is 1. The second-order valence-electron chi connectivity index (χ2n) is 3.75. The molecule has 96 valence electrons. The van der Waals surface area contributed by atoms with E-state index >= 15 is 0 Å². The fourth-order valence-corrected chi connectivity index (χ4v) is 2.38. The topological polar surface area (TPSA) is 72.6 Å². The van der Waals surface area contributed by atoms with Crippen LogP contribution in [-0.4, -0.2) is 36.5 Å². The van der Waals surface area contributed by atoms with Gasteiger partial charge in [-0.05, 0) is 12.1 Å². The molecule has 1 aliphatic rings. The zero-order chi connectivity index (χ0) is 13.0. The maximum atomic E-state index is 11.8. The molecular weight excluding hydrogens is 252 g/mol. The average molecular weight is 266 g/mol. The molecule has 5 nitrogen and oxygen atoms in total. The largest absolute Gasteiger partial charge is 0.492 e. The molecule has 0 unspecified atom stereocenters. The van der Waals surface area contributed by atoms with E-state index in [-0.39, 0.29) is 11.8 Å². The molecule has 0 aromatic heterocycles. The maximum Gasteiger partial charge on any atom is 0.243 e. The number of hydrogen-bond donors (Lipinski definition) is 1. The first-order chi connectivity index (χ1) is 8.72. The molecule has 1 saturated heterocycles. The highest BCUT2D eigenvalue weighted by molar-refractivity contribution is 8.00. The summed E-state index contributed by atoms with van der Waals surface area (Å²) in [5.74, 6) is 0.899. The third-order valence-electron chi connectivity index (χ3n) is 2.41. The molecule has 0 spiro atoms. The van der Waals surface area contributed by atoms with Crippen molar-refractivity contribution in [3.8, 4) is 5.75 Å². The Bertz CT molecular complexity index is 448. The standard InChI is InChI=1S/C12H14N2O3S/c13-4-5-17-10-3-1-2-9(6-10)14-11(15)7-18-8-12(14)16/h1-3,6H,4-5,7-8,13H2. The van der Waals surface area contributed by atoms with Gasteiger partial charge >= 0.3 is 0 Å². The lowest BCUT2D eigenvalue weighted by Gasteiger charge is -2.24. The van der Waals surface area contributed by atoms with Crippen molar-refractivity contribution < 1.29 is 14.3 Å². The maximum absolute atomic E-state index is 11.8. The number of amides is 2. The molecule has 1 aromatic rings. The zero-order valence-corrected chi connectivity index (χ0v) is 10.6. The fraction of sp³-hybridized carbons (Fsp3) is 0.333. The molecule has 0 bridgehead atoms. The predicted molar refractivity (Wildman–Crippen MR) is 70.8 cm³/mol. The quantitative estimate of drug-likeness (QED) is 0.809. The fourth-order valence-electron chi connectivity index (χ4n) is 1.67. The van der Waals surface area contributed by atoms with Gasteiger partial charge in [-0.1, -0.05) is 6.07 Å². The van der Waals surface area contributed by atoms with Gasteiger partial charge in [0, 0.05) is 12.6 Å². The van der Waals surface area contributed by atoms with E-state index in [4.69, 9.17) is 10.5 Å². The van der Waals surface area contributed by atoms with Gasteiger partial charge in [0.2, 0.25) is 11.8 Å². The lowest BCUT2D eigenvalue weighted by Crippen LogP contribution is -2.43. The summed E-state index contributed by atoms with van der Waals surface area (Å²) in [5.41, 5.74) is 5.91. The Kier molecular flexibility index (Phi) is 4.22. The summed E-state index contributed by atoms with van der Waals surface area (Å²) in [6, 6.07) is 6.93. The number of carbonyl (C=O) groups is 2. The third kappa shape index (κ3) is 2.83. The molecule has 2 amide bonds. The molecule has 18 heavy (non-hydrogen) atoms. The first-order valence-electron chi connectivity index (χ1n) is 5.59. The third-order valence-corrected chi connectivity index (χ3v) is 3.31. The predicted octanol–water partition coefficient (Wildman–Crippen LogP) is 0.630. The Morgan fingerprint density at radius 2 is 2.00 bits per heavy atom. The number of nitrogens with zero attached hydrogens (tertiary/aromatic N) is 1. The summed E-state index contributed by atoms with van der Waals surface area (Å²) in [7, 11) is 0. The van der Waals surface area contributed by atoms with E-state index in [2.05, 4.69) is 0 Å². The van der Waals surface area contributed by atoms with E-state index in [0.29, 0.717) is 36.1 Å². The van der Waals surface area contributed by atoms with Crippen LogP contribution in [0, 0.1) is 0 Å². The van der Waals surface area contributed by atoms with Gasteiger partial charge in [0.05, 0.1) is 17.2 Å². The van der Waals surface area contributed by atoms with E-state index in [1.54, 1.807) is 24.3 Å². The van der Waals surface area contributed by atoms with E-state index in [0.717, 1.165) is 0 Å². The number of carbonyl (C=O) groups excluding carboxylic acids is 2. The molecule has 1 aliphatic heterocycles. The van der Waals surface area contributed by atoms with Gasteiger partial charge < -0.3 is 10.5 Å². The molecule has 0 aliphatic carbocycles. The number of benzene rings is 1. The van der Waals surface area contributed by atoms with E-state index in [9.17, 15) is 9.59 Å². The van der Waals surface area contributed by atoms with Gasteiger partial charge in [-0.3, -0.25) is 9.59 Å². The molecule has 2 rings (SSSR count). The molecular formula is C12H14N2O3S. The number of hydrogen-bond acceptors (Lipinski definition) is 5. The summed E-state index contributed by atoms with van der Waals surface area (Å²) < 4.78 is 5.38. The summed E-state index contributed by atoms with van der Waals surface area (Å²) >= 11 is 1.34. The minimum absolute atomic E-state index is 0.188. The van der Waals surface area contributed by atoms with E-state index in [1.165, 1.54) is 16.7 Å². The van der Waals surface area contributed by atoms with Crippen LogP contribution in [0.1, 0.15) is 0 Å². The van der Waals surface area contributed by atoms with Crippen molar-refractivity contribution in [3.63, 3.8) is 0 Å². The molecule has 1 heterocycles.